The number of rotatable bonds is 6. The number of benzene rings is 1. The molecule has 0 fully saturated rings. The van der Waals surface area contributed by atoms with Gasteiger partial charge in [0.25, 0.3) is 10.2 Å². The SMILES string of the molecule is CNS(=O)(=O)NCOOc1ccc(Cl)c(C(F)(F)F)c1. The standard InChI is InChI=1S/C9H10ClF3N2O4S/c1-14-20(16,17)15-5-18-19-6-2-3-8(10)7(4-6)9(11,12)13/h2-4,14-15H,5H2,1H3. The van der Waals surface area contributed by atoms with E-state index in [1.807, 2.05) is 9.44 Å². The second-order valence-electron chi connectivity index (χ2n) is 3.34. The molecule has 0 aliphatic carbocycles. The number of hydrogen-bond acceptors (Lipinski definition) is 4. The molecule has 0 saturated carbocycles. The van der Waals surface area contributed by atoms with Crippen molar-refractivity contribution in [3.8, 4) is 5.75 Å². The molecule has 0 saturated heterocycles. The lowest BCUT2D eigenvalue weighted by Crippen LogP contribution is -2.35. The molecule has 1 aromatic carbocycles. The van der Waals surface area contributed by atoms with Crippen LogP contribution < -0.4 is 14.3 Å². The van der Waals surface area contributed by atoms with E-state index in [4.69, 9.17) is 11.6 Å². The van der Waals surface area contributed by atoms with E-state index in [0.29, 0.717) is 6.07 Å². The Labute approximate surface area is 117 Å². The first-order chi connectivity index (χ1) is 9.15. The van der Waals surface area contributed by atoms with Gasteiger partial charge in [0, 0.05) is 7.05 Å². The molecule has 1 aromatic rings. The number of alkyl halides is 3. The Morgan fingerprint density at radius 1 is 1.35 bits per heavy atom. The summed E-state index contributed by atoms with van der Waals surface area (Å²) in [5.74, 6) is -0.273. The quantitative estimate of drug-likeness (QED) is 0.359. The molecule has 0 spiro atoms. The summed E-state index contributed by atoms with van der Waals surface area (Å²) < 4.78 is 63.3. The molecular weight excluding hydrogens is 325 g/mol. The average molecular weight is 335 g/mol. The Morgan fingerprint density at radius 2 is 2.00 bits per heavy atom. The van der Waals surface area contributed by atoms with Crippen molar-refractivity contribution in [2.45, 2.75) is 6.18 Å². The van der Waals surface area contributed by atoms with Crippen molar-refractivity contribution < 1.29 is 31.4 Å². The van der Waals surface area contributed by atoms with Crippen LogP contribution >= 0.6 is 11.6 Å². The summed E-state index contributed by atoms with van der Waals surface area (Å²) in [4.78, 5) is 8.95. The van der Waals surface area contributed by atoms with Crippen molar-refractivity contribution in [3.05, 3.63) is 28.8 Å². The van der Waals surface area contributed by atoms with Crippen LogP contribution in [0.2, 0.25) is 5.02 Å². The van der Waals surface area contributed by atoms with Gasteiger partial charge in [0.1, 0.15) is 0 Å². The van der Waals surface area contributed by atoms with Gasteiger partial charge in [0.2, 0.25) is 0 Å². The van der Waals surface area contributed by atoms with Gasteiger partial charge in [-0.1, -0.05) is 11.6 Å². The lowest BCUT2D eigenvalue weighted by atomic mass is 10.2. The van der Waals surface area contributed by atoms with Gasteiger partial charge in [-0.3, -0.25) is 0 Å². The highest BCUT2D eigenvalue weighted by Gasteiger charge is 2.33. The fourth-order valence-corrected chi connectivity index (χ4v) is 1.62. The smallest absolute Gasteiger partial charge is 0.336 e. The molecule has 11 heteroatoms. The molecule has 2 N–H and O–H groups in total. The lowest BCUT2D eigenvalue weighted by Gasteiger charge is -2.11. The maximum Gasteiger partial charge on any atom is 0.417 e. The first-order valence-electron chi connectivity index (χ1n) is 5.00. The van der Waals surface area contributed by atoms with Crippen LogP contribution in [0.1, 0.15) is 5.56 Å². The predicted octanol–water partition coefficient (Wildman–Crippen LogP) is 1.68. The summed E-state index contributed by atoms with van der Waals surface area (Å²) in [6.45, 7) is -0.590. The van der Waals surface area contributed by atoms with E-state index in [1.54, 1.807) is 0 Å². The molecule has 0 unspecified atom stereocenters. The molecule has 114 valence electrons. The molecular formula is C9H10ClF3N2O4S. The van der Waals surface area contributed by atoms with Crippen molar-refractivity contribution in [2.75, 3.05) is 13.8 Å². The summed E-state index contributed by atoms with van der Waals surface area (Å²) in [5, 5.41) is -0.485. The largest absolute Gasteiger partial charge is 0.417 e. The summed E-state index contributed by atoms with van der Waals surface area (Å²) in [7, 11) is -2.55. The van der Waals surface area contributed by atoms with Crippen LogP contribution in [0.15, 0.2) is 18.2 Å². The molecule has 20 heavy (non-hydrogen) atoms. The normalized spacial score (nSPS) is 12.4. The third-order valence-electron chi connectivity index (χ3n) is 1.97. The van der Waals surface area contributed by atoms with Crippen molar-refractivity contribution in [1.29, 1.82) is 0 Å². The van der Waals surface area contributed by atoms with E-state index in [0.717, 1.165) is 19.2 Å². The van der Waals surface area contributed by atoms with Crippen molar-refractivity contribution in [1.82, 2.24) is 9.44 Å². The highest BCUT2D eigenvalue weighted by molar-refractivity contribution is 7.87. The van der Waals surface area contributed by atoms with Crippen LogP contribution in [0.4, 0.5) is 13.2 Å². The molecule has 1 rings (SSSR count). The highest BCUT2D eigenvalue weighted by Crippen LogP contribution is 2.36. The Morgan fingerprint density at radius 3 is 2.55 bits per heavy atom. The summed E-state index contributed by atoms with van der Waals surface area (Å²) >= 11 is 5.40. The molecule has 0 heterocycles. The van der Waals surface area contributed by atoms with Crippen LogP contribution in [0.25, 0.3) is 0 Å². The van der Waals surface area contributed by atoms with Crippen LogP contribution in [0.3, 0.4) is 0 Å². The zero-order valence-electron chi connectivity index (χ0n) is 9.99. The van der Waals surface area contributed by atoms with Gasteiger partial charge in [-0.15, -0.1) is 0 Å². The summed E-state index contributed by atoms with van der Waals surface area (Å²) in [5.41, 5.74) is -1.09. The van der Waals surface area contributed by atoms with Gasteiger partial charge in [0.15, 0.2) is 12.5 Å². The first-order valence-corrected chi connectivity index (χ1v) is 6.86. The van der Waals surface area contributed by atoms with Gasteiger partial charge in [-0.2, -0.15) is 31.2 Å². The minimum Gasteiger partial charge on any atom is -0.336 e. The number of hydrogen-bond donors (Lipinski definition) is 2. The van der Waals surface area contributed by atoms with Crippen LogP contribution in [-0.4, -0.2) is 22.2 Å². The van der Waals surface area contributed by atoms with E-state index in [9.17, 15) is 21.6 Å². The lowest BCUT2D eigenvalue weighted by molar-refractivity contribution is -0.208. The van der Waals surface area contributed by atoms with E-state index < -0.39 is 33.7 Å². The summed E-state index contributed by atoms with van der Waals surface area (Å²) in [6, 6.07) is 2.76. The van der Waals surface area contributed by atoms with E-state index in [2.05, 4.69) is 9.78 Å². The third kappa shape index (κ3) is 5.13. The van der Waals surface area contributed by atoms with E-state index in [1.165, 1.54) is 0 Å². The van der Waals surface area contributed by atoms with Gasteiger partial charge in [0.05, 0.1) is 10.6 Å². The van der Waals surface area contributed by atoms with Crippen LogP contribution in [-0.2, 0) is 21.3 Å². The van der Waals surface area contributed by atoms with Gasteiger partial charge in [-0.05, 0) is 18.2 Å². The van der Waals surface area contributed by atoms with Crippen molar-refractivity contribution in [2.24, 2.45) is 0 Å². The molecule has 0 bridgehead atoms. The maximum absolute atomic E-state index is 12.5. The topological polar surface area (TPSA) is 76.7 Å². The maximum atomic E-state index is 12.5. The Balaban J connectivity index is 2.62. The van der Waals surface area contributed by atoms with Crippen molar-refractivity contribution in [3.63, 3.8) is 0 Å². The van der Waals surface area contributed by atoms with E-state index >= 15 is 0 Å². The summed E-state index contributed by atoms with van der Waals surface area (Å²) in [6.07, 6.45) is -4.63. The number of nitrogens with one attached hydrogen (secondary N) is 2. The Hall–Kier alpha value is -1.07. The fourth-order valence-electron chi connectivity index (χ4n) is 1.04. The van der Waals surface area contributed by atoms with Crippen LogP contribution in [0, 0.1) is 0 Å². The fraction of sp³-hybridized carbons (Fsp3) is 0.333. The molecule has 0 aliphatic rings. The Kier molecular flexibility index (Phi) is 5.59. The molecule has 0 aliphatic heterocycles. The van der Waals surface area contributed by atoms with Gasteiger partial charge < -0.3 is 4.89 Å². The molecule has 0 atom stereocenters. The minimum atomic E-state index is -4.63. The van der Waals surface area contributed by atoms with Crippen LogP contribution in [0.5, 0.6) is 5.75 Å². The third-order valence-corrected chi connectivity index (χ3v) is 3.34. The molecule has 0 radical (unpaired) electrons. The second-order valence-corrected chi connectivity index (χ2v) is 5.45. The predicted molar refractivity (Wildman–Crippen MR) is 64.1 cm³/mol. The molecule has 6 nitrogen and oxygen atoms in total. The average Bonchev–Trinajstić information content (AvgIpc) is 2.35. The Bertz CT molecular complexity index is 565. The monoisotopic (exact) mass is 334 g/mol. The first kappa shape index (κ1) is 17.0. The zero-order valence-corrected chi connectivity index (χ0v) is 11.6. The highest BCUT2D eigenvalue weighted by atomic mass is 35.5. The zero-order chi connectivity index (χ0) is 15.4. The van der Waals surface area contributed by atoms with Gasteiger partial charge in [-0.25, -0.2) is 4.72 Å². The molecule has 0 aromatic heterocycles. The number of halogens is 4. The van der Waals surface area contributed by atoms with E-state index in [-0.39, 0.29) is 5.75 Å². The second kappa shape index (κ2) is 6.59. The van der Waals surface area contributed by atoms with Gasteiger partial charge >= 0.3 is 6.18 Å². The molecule has 0 amide bonds. The minimum absolute atomic E-state index is 0.273. The van der Waals surface area contributed by atoms with Crippen molar-refractivity contribution >= 4 is 21.8 Å².